The number of carbonyl (C=O) groups is 1. The summed E-state index contributed by atoms with van der Waals surface area (Å²) in [5.74, 6) is -1.26. The number of aliphatic carboxylic acids is 1. The van der Waals surface area contributed by atoms with Crippen LogP contribution >= 0.6 is 11.6 Å². The van der Waals surface area contributed by atoms with Gasteiger partial charge in [-0.15, -0.1) is 0 Å². The van der Waals surface area contributed by atoms with E-state index in [-0.39, 0.29) is 0 Å². The summed E-state index contributed by atoms with van der Waals surface area (Å²) in [4.78, 5) is 10.8. The molecular weight excluding hydrogens is 242 g/mol. The summed E-state index contributed by atoms with van der Waals surface area (Å²) in [7, 11) is 0. The van der Waals surface area contributed by atoms with Crippen LogP contribution in [-0.4, -0.2) is 20.7 Å². The summed E-state index contributed by atoms with van der Waals surface area (Å²) in [5.41, 5.74) is 1.20. The largest absolute Gasteiger partial charge is 0.479 e. The molecule has 0 saturated carbocycles. The zero-order valence-corrected chi connectivity index (χ0v) is 9.98. The minimum Gasteiger partial charge on any atom is -0.479 e. The number of hydrogen-bond donors (Lipinski definition) is 2. The molecule has 0 fully saturated rings. The fraction of sp³-hybridized carbons (Fsp3) is 0.250. The summed E-state index contributed by atoms with van der Waals surface area (Å²) >= 11 is 5.91. The van der Waals surface area contributed by atoms with Crippen LogP contribution in [0.25, 0.3) is 10.9 Å². The number of rotatable bonds is 3. The Hall–Kier alpha value is -1.52. The fourth-order valence-corrected chi connectivity index (χ4v) is 2.12. The molecule has 0 radical (unpaired) electrons. The molecule has 0 aliphatic heterocycles. The number of carboxylic acids is 1. The molecular formula is C12H12ClNO3. The van der Waals surface area contributed by atoms with Crippen molar-refractivity contribution in [1.82, 2.24) is 4.57 Å². The lowest BCUT2D eigenvalue weighted by molar-refractivity contribution is -0.147. The third kappa shape index (κ3) is 2.01. The van der Waals surface area contributed by atoms with Crippen molar-refractivity contribution in [2.75, 3.05) is 0 Å². The molecule has 0 amide bonds. The minimum atomic E-state index is -1.51. The Kier molecular flexibility index (Phi) is 3.09. The van der Waals surface area contributed by atoms with E-state index >= 15 is 0 Å². The fourth-order valence-electron chi connectivity index (χ4n) is 1.95. The zero-order valence-electron chi connectivity index (χ0n) is 9.22. The van der Waals surface area contributed by atoms with Gasteiger partial charge in [0.05, 0.1) is 5.69 Å². The lowest BCUT2D eigenvalue weighted by Gasteiger charge is -2.10. The van der Waals surface area contributed by atoms with Crippen LogP contribution in [0.3, 0.4) is 0 Å². The molecule has 5 heteroatoms. The molecule has 4 nitrogen and oxygen atoms in total. The van der Waals surface area contributed by atoms with Gasteiger partial charge in [0.2, 0.25) is 0 Å². The molecule has 17 heavy (non-hydrogen) atoms. The second-order valence-corrected chi connectivity index (χ2v) is 4.19. The van der Waals surface area contributed by atoms with Crippen LogP contribution in [0.15, 0.2) is 24.3 Å². The van der Waals surface area contributed by atoms with Crippen molar-refractivity contribution in [1.29, 1.82) is 0 Å². The number of benzene rings is 1. The lowest BCUT2D eigenvalue weighted by Crippen LogP contribution is -2.14. The molecule has 2 rings (SSSR count). The molecule has 1 aromatic heterocycles. The molecule has 2 aromatic rings. The van der Waals surface area contributed by atoms with Crippen LogP contribution < -0.4 is 0 Å². The third-order valence-corrected chi connectivity index (χ3v) is 2.96. The van der Waals surface area contributed by atoms with Crippen molar-refractivity contribution < 1.29 is 15.0 Å². The van der Waals surface area contributed by atoms with Crippen molar-refractivity contribution >= 4 is 28.5 Å². The Morgan fingerprint density at radius 1 is 1.47 bits per heavy atom. The second kappa shape index (κ2) is 4.39. The number of halogens is 1. The quantitative estimate of drug-likeness (QED) is 0.883. The Balaban J connectivity index is 2.68. The van der Waals surface area contributed by atoms with Gasteiger partial charge in [0, 0.05) is 22.5 Å². The first-order chi connectivity index (χ1) is 8.04. The Morgan fingerprint density at radius 3 is 2.76 bits per heavy atom. The number of aliphatic hydroxyl groups is 1. The summed E-state index contributed by atoms with van der Waals surface area (Å²) < 4.78 is 1.75. The summed E-state index contributed by atoms with van der Waals surface area (Å²) in [6.07, 6.45) is -1.51. The van der Waals surface area contributed by atoms with Crippen LogP contribution in [0.5, 0.6) is 0 Å². The highest BCUT2D eigenvalue weighted by atomic mass is 35.5. The molecule has 0 aliphatic carbocycles. The predicted octanol–water partition coefficient (Wildman–Crippen LogP) is 2.43. The number of nitrogens with zero attached hydrogens (tertiary/aromatic N) is 1. The molecule has 1 aromatic carbocycles. The standard InChI is InChI=1S/C12H12ClNO3/c1-2-14-9-6-8(13)4-3-7(9)5-10(14)11(15)12(16)17/h3-6,11,15H,2H2,1H3,(H,16,17). The molecule has 1 atom stereocenters. The predicted molar refractivity (Wildman–Crippen MR) is 65.2 cm³/mol. The monoisotopic (exact) mass is 253 g/mol. The first kappa shape index (κ1) is 12.0. The second-order valence-electron chi connectivity index (χ2n) is 3.76. The first-order valence-electron chi connectivity index (χ1n) is 5.24. The van der Waals surface area contributed by atoms with Gasteiger partial charge in [-0.3, -0.25) is 0 Å². The van der Waals surface area contributed by atoms with Gasteiger partial charge in [0.1, 0.15) is 0 Å². The molecule has 90 valence electrons. The number of aromatic nitrogens is 1. The van der Waals surface area contributed by atoms with Gasteiger partial charge >= 0.3 is 5.97 Å². The van der Waals surface area contributed by atoms with E-state index in [2.05, 4.69) is 0 Å². The zero-order chi connectivity index (χ0) is 12.6. The van der Waals surface area contributed by atoms with E-state index in [1.54, 1.807) is 22.8 Å². The molecule has 0 bridgehead atoms. The maximum absolute atomic E-state index is 10.8. The van der Waals surface area contributed by atoms with E-state index in [1.165, 1.54) is 0 Å². The number of hydrogen-bond acceptors (Lipinski definition) is 2. The Bertz CT molecular complexity index is 576. The number of fused-ring (bicyclic) bond motifs is 1. The summed E-state index contributed by atoms with van der Waals surface area (Å²) in [6, 6.07) is 6.98. The average Bonchev–Trinajstić information content (AvgIpc) is 2.65. The highest BCUT2D eigenvalue weighted by molar-refractivity contribution is 6.31. The van der Waals surface area contributed by atoms with Gasteiger partial charge in [0.25, 0.3) is 0 Å². The van der Waals surface area contributed by atoms with Gasteiger partial charge in [-0.2, -0.15) is 0 Å². The maximum atomic E-state index is 10.8. The van der Waals surface area contributed by atoms with E-state index in [0.29, 0.717) is 17.3 Å². The van der Waals surface area contributed by atoms with Crippen LogP contribution in [0, 0.1) is 0 Å². The highest BCUT2D eigenvalue weighted by Crippen LogP contribution is 2.27. The molecule has 2 N–H and O–H groups in total. The van der Waals surface area contributed by atoms with E-state index in [1.807, 2.05) is 13.0 Å². The molecule has 1 heterocycles. The van der Waals surface area contributed by atoms with Crippen molar-refractivity contribution in [3.63, 3.8) is 0 Å². The average molecular weight is 254 g/mol. The van der Waals surface area contributed by atoms with Gasteiger partial charge in [-0.05, 0) is 25.1 Å². The van der Waals surface area contributed by atoms with Gasteiger partial charge < -0.3 is 14.8 Å². The molecule has 0 aliphatic rings. The van der Waals surface area contributed by atoms with Gasteiger partial charge in [0.15, 0.2) is 6.10 Å². The molecule has 1 unspecified atom stereocenters. The van der Waals surface area contributed by atoms with Crippen LogP contribution in [0.1, 0.15) is 18.7 Å². The third-order valence-electron chi connectivity index (χ3n) is 2.73. The van der Waals surface area contributed by atoms with E-state index < -0.39 is 12.1 Å². The Labute approximate surface area is 103 Å². The van der Waals surface area contributed by atoms with Crippen molar-refractivity contribution in [3.8, 4) is 0 Å². The highest BCUT2D eigenvalue weighted by Gasteiger charge is 2.21. The van der Waals surface area contributed by atoms with E-state index in [4.69, 9.17) is 16.7 Å². The first-order valence-corrected chi connectivity index (χ1v) is 5.62. The van der Waals surface area contributed by atoms with Crippen LogP contribution in [0.4, 0.5) is 0 Å². The van der Waals surface area contributed by atoms with Gasteiger partial charge in [-0.25, -0.2) is 4.79 Å². The molecule has 0 spiro atoms. The smallest absolute Gasteiger partial charge is 0.338 e. The van der Waals surface area contributed by atoms with Crippen molar-refractivity contribution in [3.05, 3.63) is 35.0 Å². The molecule has 0 saturated heterocycles. The van der Waals surface area contributed by atoms with Crippen molar-refractivity contribution in [2.45, 2.75) is 19.6 Å². The number of carboxylic acid groups (broad SMARTS) is 1. The minimum absolute atomic E-state index is 0.372. The Morgan fingerprint density at radius 2 is 2.18 bits per heavy atom. The topological polar surface area (TPSA) is 62.5 Å². The lowest BCUT2D eigenvalue weighted by atomic mass is 10.2. The number of aliphatic hydroxyl groups excluding tert-OH is 1. The van der Waals surface area contributed by atoms with Gasteiger partial charge in [-0.1, -0.05) is 17.7 Å². The number of aryl methyl sites for hydroxylation is 1. The normalized spacial score (nSPS) is 12.9. The SMILES string of the molecule is CCn1c(C(O)C(=O)O)cc2ccc(Cl)cc21. The van der Waals surface area contributed by atoms with Crippen LogP contribution in [-0.2, 0) is 11.3 Å². The van der Waals surface area contributed by atoms with E-state index in [9.17, 15) is 9.90 Å². The maximum Gasteiger partial charge on any atom is 0.338 e. The van der Waals surface area contributed by atoms with Crippen molar-refractivity contribution in [2.24, 2.45) is 0 Å². The summed E-state index contributed by atoms with van der Waals surface area (Å²) in [5, 5.41) is 19.9. The van der Waals surface area contributed by atoms with E-state index in [0.717, 1.165) is 10.9 Å². The summed E-state index contributed by atoms with van der Waals surface area (Å²) in [6.45, 7) is 2.46. The van der Waals surface area contributed by atoms with Crippen LogP contribution in [0.2, 0.25) is 5.02 Å².